The summed E-state index contributed by atoms with van der Waals surface area (Å²) in [6.07, 6.45) is -0.854. The fraction of sp³-hybridized carbons (Fsp3) is 0.324. The van der Waals surface area contributed by atoms with E-state index >= 15 is 0 Å². The Morgan fingerprint density at radius 2 is 1.28 bits per heavy atom. The second-order valence-corrected chi connectivity index (χ2v) is 11.9. The Labute approximate surface area is 253 Å². The van der Waals surface area contributed by atoms with Gasteiger partial charge in [0.25, 0.3) is 0 Å². The van der Waals surface area contributed by atoms with Crippen molar-refractivity contribution in [3.63, 3.8) is 0 Å². The number of carbonyl (C=O) groups is 1. The van der Waals surface area contributed by atoms with Gasteiger partial charge in [-0.2, -0.15) is 0 Å². The first kappa shape index (κ1) is 29.0. The van der Waals surface area contributed by atoms with Crippen LogP contribution in [0.3, 0.4) is 0 Å². The van der Waals surface area contributed by atoms with Gasteiger partial charge in [0.2, 0.25) is 5.91 Å². The molecule has 222 valence electrons. The highest BCUT2D eigenvalue weighted by atomic mass is 16.5. The van der Waals surface area contributed by atoms with Crippen LogP contribution in [0.5, 0.6) is 11.5 Å². The minimum Gasteiger partial charge on any atom is -0.496 e. The monoisotopic (exact) mass is 577 g/mol. The van der Waals surface area contributed by atoms with Crippen LogP contribution < -0.4 is 9.47 Å². The van der Waals surface area contributed by atoms with E-state index in [1.54, 1.807) is 14.2 Å². The first-order chi connectivity index (χ1) is 20.9. The molecule has 4 aromatic carbocycles. The topological polar surface area (TPSA) is 79.2 Å². The molecular weight excluding hydrogens is 538 g/mol. The van der Waals surface area contributed by atoms with E-state index in [1.807, 2.05) is 96.8 Å². The molecule has 0 radical (unpaired) electrons. The molecule has 2 fully saturated rings. The molecule has 1 aliphatic heterocycles. The van der Waals surface area contributed by atoms with Gasteiger partial charge in [-0.25, -0.2) is 0 Å². The molecule has 2 N–H and O–H groups in total. The van der Waals surface area contributed by atoms with Crippen LogP contribution in [0, 0.1) is 11.8 Å². The van der Waals surface area contributed by atoms with Crippen molar-refractivity contribution >= 4 is 5.91 Å². The molecule has 43 heavy (non-hydrogen) atoms. The predicted octanol–water partition coefficient (Wildman–Crippen LogP) is 5.52. The highest BCUT2D eigenvalue weighted by molar-refractivity contribution is 5.84. The summed E-state index contributed by atoms with van der Waals surface area (Å²) in [5.74, 6) is 0.00570. The number of hydrogen-bond donors (Lipinski definition) is 2. The van der Waals surface area contributed by atoms with Crippen molar-refractivity contribution in [3.8, 4) is 11.5 Å². The molecule has 6 rings (SSSR count). The van der Waals surface area contributed by atoms with Gasteiger partial charge in [0, 0.05) is 35.5 Å². The summed E-state index contributed by atoms with van der Waals surface area (Å²) in [5.41, 5.74) is 1.19. The number of fused-ring (bicyclic) bond motifs is 1. The molecule has 0 bridgehead atoms. The lowest BCUT2D eigenvalue weighted by atomic mass is 9.51. The Morgan fingerprint density at radius 1 is 0.767 bits per heavy atom. The minimum absolute atomic E-state index is 0.0363. The molecule has 5 unspecified atom stereocenters. The molecule has 1 aliphatic carbocycles. The third-order valence-electron chi connectivity index (χ3n) is 9.95. The van der Waals surface area contributed by atoms with Crippen LogP contribution in [0.4, 0.5) is 0 Å². The average molecular weight is 578 g/mol. The number of rotatable bonds is 7. The highest BCUT2D eigenvalue weighted by Gasteiger charge is 2.65. The van der Waals surface area contributed by atoms with Gasteiger partial charge < -0.3 is 24.6 Å². The van der Waals surface area contributed by atoms with Gasteiger partial charge in [-0.3, -0.25) is 4.79 Å². The molecular formula is C37H39NO5. The van der Waals surface area contributed by atoms with Crippen LogP contribution in [-0.4, -0.2) is 54.4 Å². The molecule has 4 aromatic rings. The lowest BCUT2D eigenvalue weighted by Gasteiger charge is -2.55. The lowest BCUT2D eigenvalue weighted by Crippen LogP contribution is -2.60. The van der Waals surface area contributed by atoms with Crippen molar-refractivity contribution < 1.29 is 24.5 Å². The molecule has 6 nitrogen and oxygen atoms in total. The number of nitrogens with zero attached hydrogens (tertiary/aromatic N) is 1. The number of carbonyl (C=O) groups excluding carboxylic acids is 1. The summed E-state index contributed by atoms with van der Waals surface area (Å²) < 4.78 is 11.3. The minimum atomic E-state index is -1.65. The number of benzene rings is 4. The normalized spacial score (nSPS) is 25.0. The number of likely N-dealkylation sites (tertiary alicyclic amines) is 1. The molecule has 1 heterocycles. The summed E-state index contributed by atoms with van der Waals surface area (Å²) >= 11 is 0. The van der Waals surface area contributed by atoms with Crippen LogP contribution in [-0.2, 0) is 15.8 Å². The van der Waals surface area contributed by atoms with Crippen LogP contribution in [0.2, 0.25) is 0 Å². The zero-order valence-electron chi connectivity index (χ0n) is 24.9. The Balaban J connectivity index is 1.52. The molecule has 0 spiro atoms. The van der Waals surface area contributed by atoms with Gasteiger partial charge in [0.1, 0.15) is 17.1 Å². The van der Waals surface area contributed by atoms with Crippen LogP contribution in [0.25, 0.3) is 0 Å². The van der Waals surface area contributed by atoms with E-state index < -0.39 is 29.0 Å². The van der Waals surface area contributed by atoms with Gasteiger partial charge in [-0.1, -0.05) is 97.1 Å². The van der Waals surface area contributed by atoms with E-state index in [9.17, 15) is 15.0 Å². The number of aliphatic hydroxyl groups is 2. The number of aliphatic hydroxyl groups excluding tert-OH is 1. The second kappa shape index (κ2) is 11.5. The van der Waals surface area contributed by atoms with Gasteiger partial charge in [0.05, 0.1) is 26.2 Å². The van der Waals surface area contributed by atoms with E-state index in [4.69, 9.17) is 9.47 Å². The molecule has 1 saturated carbocycles. The van der Waals surface area contributed by atoms with E-state index in [-0.39, 0.29) is 24.8 Å². The van der Waals surface area contributed by atoms with E-state index in [0.717, 1.165) is 16.7 Å². The lowest BCUT2D eigenvalue weighted by molar-refractivity contribution is -0.168. The van der Waals surface area contributed by atoms with Gasteiger partial charge in [-0.15, -0.1) is 0 Å². The van der Waals surface area contributed by atoms with Crippen molar-refractivity contribution in [1.29, 1.82) is 0 Å². The van der Waals surface area contributed by atoms with E-state index in [1.165, 1.54) is 0 Å². The van der Waals surface area contributed by atoms with Crippen LogP contribution in [0.15, 0.2) is 109 Å². The molecule has 6 heteroatoms. The summed E-state index contributed by atoms with van der Waals surface area (Å²) in [7, 11) is 3.19. The van der Waals surface area contributed by atoms with Gasteiger partial charge in [0.15, 0.2) is 0 Å². The van der Waals surface area contributed by atoms with E-state index in [0.29, 0.717) is 23.6 Å². The highest BCUT2D eigenvalue weighted by Crippen LogP contribution is 2.60. The maximum atomic E-state index is 14.3. The smallest absolute Gasteiger partial charge is 0.229 e. The summed E-state index contributed by atoms with van der Waals surface area (Å²) in [6, 6.07) is 35.4. The van der Waals surface area contributed by atoms with Crippen LogP contribution in [0.1, 0.15) is 41.5 Å². The molecule has 5 atom stereocenters. The Bertz CT molecular complexity index is 1530. The first-order valence-corrected chi connectivity index (χ1v) is 14.9. The molecule has 0 aromatic heterocycles. The fourth-order valence-corrected chi connectivity index (χ4v) is 7.88. The maximum Gasteiger partial charge on any atom is 0.229 e. The zero-order valence-corrected chi connectivity index (χ0v) is 24.9. The van der Waals surface area contributed by atoms with Gasteiger partial charge in [-0.05, 0) is 42.5 Å². The Morgan fingerprint density at radius 3 is 1.88 bits per heavy atom. The van der Waals surface area contributed by atoms with Crippen molar-refractivity contribution in [2.24, 2.45) is 11.8 Å². The standard InChI is InChI=1S/C37H39NO5/c1-25(28-18-10-12-20-32(28)42-2)35(40)38-23-30-31(24-38)37(41,29-19-11-13-21-33(29)43-3)34(39)22-36(30,26-14-6-4-7-15-26)27-16-8-5-9-17-27/h4-21,25,30-31,34,39,41H,22-24H2,1-3H3. The zero-order chi connectivity index (χ0) is 30.2. The van der Waals surface area contributed by atoms with Crippen LogP contribution >= 0.6 is 0 Å². The maximum absolute atomic E-state index is 14.3. The third-order valence-corrected chi connectivity index (χ3v) is 9.95. The number of ether oxygens (including phenoxy) is 2. The molecule has 2 aliphatic rings. The van der Waals surface area contributed by atoms with E-state index in [2.05, 4.69) is 24.3 Å². The summed E-state index contributed by atoms with van der Waals surface area (Å²) in [4.78, 5) is 16.2. The number of hydrogen-bond acceptors (Lipinski definition) is 5. The molecule has 1 saturated heterocycles. The predicted molar refractivity (Wildman–Crippen MR) is 166 cm³/mol. The van der Waals surface area contributed by atoms with Crippen molar-refractivity contribution in [1.82, 2.24) is 4.90 Å². The second-order valence-electron chi connectivity index (χ2n) is 11.9. The van der Waals surface area contributed by atoms with Crippen molar-refractivity contribution in [3.05, 3.63) is 131 Å². The Kier molecular flexibility index (Phi) is 7.75. The Hall–Kier alpha value is -4.13. The summed E-state index contributed by atoms with van der Waals surface area (Å²) in [5, 5.41) is 24.9. The average Bonchev–Trinajstić information content (AvgIpc) is 3.53. The third kappa shape index (κ3) is 4.60. The number of methoxy groups -OCH3 is 2. The SMILES string of the molecule is COc1ccccc1C(C)C(=O)N1CC2C(C1)C(O)(c1ccccc1OC)C(O)CC2(c1ccccc1)c1ccccc1. The van der Waals surface area contributed by atoms with Crippen molar-refractivity contribution in [2.75, 3.05) is 27.3 Å². The van der Waals surface area contributed by atoms with Gasteiger partial charge >= 0.3 is 0 Å². The molecule has 1 amide bonds. The largest absolute Gasteiger partial charge is 0.496 e. The fourth-order valence-electron chi connectivity index (χ4n) is 7.88. The number of amides is 1. The quantitative estimate of drug-likeness (QED) is 0.303. The summed E-state index contributed by atoms with van der Waals surface area (Å²) in [6.45, 7) is 2.62. The number of para-hydroxylation sites is 2. The van der Waals surface area contributed by atoms with Crippen molar-refractivity contribution in [2.45, 2.75) is 36.4 Å². The first-order valence-electron chi connectivity index (χ1n) is 14.9.